The second-order valence-electron chi connectivity index (χ2n) is 3.29. The van der Waals surface area contributed by atoms with E-state index < -0.39 is 0 Å². The smallest absolute Gasteiger partial charge is 0.161 e. The van der Waals surface area contributed by atoms with Gasteiger partial charge in [0, 0.05) is 22.3 Å². The molecule has 0 aromatic carbocycles. The molecule has 3 rings (SSSR count). The van der Waals surface area contributed by atoms with Gasteiger partial charge in [0.2, 0.25) is 0 Å². The fraction of sp³-hybridized carbons (Fsp3) is 0. The summed E-state index contributed by atoms with van der Waals surface area (Å²) in [4.78, 5) is 8.67. The van der Waals surface area contributed by atoms with Gasteiger partial charge in [0.25, 0.3) is 0 Å². The Balaban J connectivity index is 2.57. The maximum Gasteiger partial charge on any atom is 0.161 e. The number of pyridine rings is 2. The van der Waals surface area contributed by atoms with E-state index in [4.69, 9.17) is 11.6 Å². The minimum Gasteiger partial charge on any atom is -0.293 e. The summed E-state index contributed by atoms with van der Waals surface area (Å²) in [6.45, 7) is 0. The number of rotatable bonds is 0. The SMILES string of the molecule is Clc1nc2c3cc(Br)cnc3ccn2c1I. The van der Waals surface area contributed by atoms with Crippen LogP contribution in [0.2, 0.25) is 5.15 Å². The van der Waals surface area contributed by atoms with Gasteiger partial charge >= 0.3 is 0 Å². The third kappa shape index (κ3) is 1.53. The number of halogens is 3. The highest BCUT2D eigenvalue weighted by Crippen LogP contribution is 2.26. The lowest BCUT2D eigenvalue weighted by Gasteiger charge is -2.00. The van der Waals surface area contributed by atoms with Crippen molar-refractivity contribution < 1.29 is 0 Å². The van der Waals surface area contributed by atoms with Crippen LogP contribution >= 0.6 is 50.1 Å². The van der Waals surface area contributed by atoms with Gasteiger partial charge in [-0.2, -0.15) is 0 Å². The Labute approximate surface area is 118 Å². The van der Waals surface area contributed by atoms with Crippen molar-refractivity contribution in [1.82, 2.24) is 14.4 Å². The average molecular weight is 408 g/mol. The van der Waals surface area contributed by atoms with Crippen LogP contribution in [0.3, 0.4) is 0 Å². The second kappa shape index (κ2) is 3.82. The van der Waals surface area contributed by atoms with Crippen LogP contribution in [0.15, 0.2) is 29.0 Å². The topological polar surface area (TPSA) is 30.2 Å². The molecule has 0 bridgehead atoms. The summed E-state index contributed by atoms with van der Waals surface area (Å²) < 4.78 is 3.80. The van der Waals surface area contributed by atoms with Crippen molar-refractivity contribution in [3.8, 4) is 0 Å². The number of hydrogen-bond acceptors (Lipinski definition) is 2. The van der Waals surface area contributed by atoms with E-state index in [2.05, 4.69) is 48.5 Å². The molecule has 0 saturated carbocycles. The van der Waals surface area contributed by atoms with E-state index >= 15 is 0 Å². The monoisotopic (exact) mass is 407 g/mol. The summed E-state index contributed by atoms with van der Waals surface area (Å²) in [7, 11) is 0. The minimum atomic E-state index is 0.521. The van der Waals surface area contributed by atoms with Gasteiger partial charge in [0.15, 0.2) is 5.15 Å². The average Bonchev–Trinajstić information content (AvgIpc) is 2.56. The van der Waals surface area contributed by atoms with E-state index in [1.807, 2.05) is 22.7 Å². The Morgan fingerprint density at radius 3 is 3.06 bits per heavy atom. The molecule has 3 aromatic heterocycles. The molecule has 0 aliphatic carbocycles. The van der Waals surface area contributed by atoms with Crippen LogP contribution < -0.4 is 0 Å². The highest BCUT2D eigenvalue weighted by molar-refractivity contribution is 14.1. The number of hydrogen-bond donors (Lipinski definition) is 0. The predicted octanol–water partition coefficient (Wildman–Crippen LogP) is 3.90. The normalized spacial score (nSPS) is 11.4. The molecule has 0 radical (unpaired) electrons. The van der Waals surface area contributed by atoms with Gasteiger partial charge in [-0.25, -0.2) is 4.98 Å². The van der Waals surface area contributed by atoms with Crippen molar-refractivity contribution in [1.29, 1.82) is 0 Å². The Morgan fingerprint density at radius 1 is 1.44 bits per heavy atom. The third-order valence-corrected chi connectivity index (χ3v) is 4.37. The van der Waals surface area contributed by atoms with Crippen molar-refractivity contribution in [3.63, 3.8) is 0 Å². The maximum absolute atomic E-state index is 6.02. The van der Waals surface area contributed by atoms with Crippen LogP contribution in [-0.2, 0) is 0 Å². The number of imidazole rings is 1. The van der Waals surface area contributed by atoms with Crippen LogP contribution in [0.1, 0.15) is 0 Å². The molecule has 0 aliphatic heterocycles. The first kappa shape index (κ1) is 10.7. The van der Waals surface area contributed by atoms with Gasteiger partial charge in [-0.05, 0) is 50.7 Å². The van der Waals surface area contributed by atoms with Crippen LogP contribution in [0, 0.1) is 3.70 Å². The van der Waals surface area contributed by atoms with Crippen LogP contribution in [0.5, 0.6) is 0 Å². The van der Waals surface area contributed by atoms with E-state index in [0.717, 1.165) is 24.7 Å². The first-order valence-corrected chi connectivity index (χ1v) is 6.69. The molecule has 0 fully saturated rings. The zero-order chi connectivity index (χ0) is 11.3. The summed E-state index contributed by atoms with van der Waals surface area (Å²) in [6.07, 6.45) is 3.70. The minimum absolute atomic E-state index is 0.521. The zero-order valence-electron chi connectivity index (χ0n) is 7.78. The summed E-state index contributed by atoms with van der Waals surface area (Å²) in [5.41, 5.74) is 1.74. The lowest BCUT2D eigenvalue weighted by Crippen LogP contribution is -1.89. The van der Waals surface area contributed by atoms with Gasteiger partial charge in [-0.1, -0.05) is 11.6 Å². The van der Waals surface area contributed by atoms with E-state index in [-0.39, 0.29) is 0 Å². The van der Waals surface area contributed by atoms with E-state index in [0.29, 0.717) is 5.15 Å². The quantitative estimate of drug-likeness (QED) is 0.528. The maximum atomic E-state index is 6.02. The molecule has 3 aromatic rings. The second-order valence-corrected chi connectivity index (χ2v) is 5.58. The highest BCUT2D eigenvalue weighted by Gasteiger charge is 2.10. The van der Waals surface area contributed by atoms with E-state index in [9.17, 15) is 0 Å². The molecule has 0 saturated heterocycles. The predicted molar refractivity (Wildman–Crippen MR) is 75.9 cm³/mol. The molecule has 3 nitrogen and oxygen atoms in total. The lowest BCUT2D eigenvalue weighted by atomic mass is 10.2. The molecule has 80 valence electrons. The highest BCUT2D eigenvalue weighted by atomic mass is 127. The first-order chi connectivity index (χ1) is 7.66. The van der Waals surface area contributed by atoms with Gasteiger partial charge in [0.05, 0.1) is 5.52 Å². The Hall–Kier alpha value is -0.400. The molecule has 0 amide bonds. The molecule has 0 unspecified atom stereocenters. The largest absolute Gasteiger partial charge is 0.293 e. The summed E-state index contributed by atoms with van der Waals surface area (Å²) in [5, 5.41) is 1.51. The standard InChI is InChI=1S/C10H4BrClIN3/c11-5-3-6-7(14-4-5)1-2-16-9(13)8(12)15-10(6)16/h1-4H. The lowest BCUT2D eigenvalue weighted by molar-refractivity contribution is 1.16. The molecule has 0 spiro atoms. The van der Waals surface area contributed by atoms with Crippen LogP contribution in [-0.4, -0.2) is 14.4 Å². The molecule has 6 heteroatoms. The molecule has 3 heterocycles. The number of fused-ring (bicyclic) bond motifs is 3. The zero-order valence-corrected chi connectivity index (χ0v) is 12.3. The van der Waals surface area contributed by atoms with Gasteiger partial charge in [-0.3, -0.25) is 9.38 Å². The third-order valence-electron chi connectivity index (χ3n) is 2.32. The summed E-state index contributed by atoms with van der Waals surface area (Å²) >= 11 is 11.6. The van der Waals surface area contributed by atoms with Gasteiger partial charge in [-0.15, -0.1) is 0 Å². The van der Waals surface area contributed by atoms with Crippen molar-refractivity contribution in [2.45, 2.75) is 0 Å². The molecule has 0 N–H and O–H groups in total. The Bertz CT molecular complexity index is 710. The van der Waals surface area contributed by atoms with Crippen LogP contribution in [0.25, 0.3) is 16.6 Å². The van der Waals surface area contributed by atoms with Gasteiger partial charge < -0.3 is 0 Å². The Morgan fingerprint density at radius 2 is 2.25 bits per heavy atom. The Kier molecular flexibility index (Phi) is 2.56. The number of nitrogens with zero attached hydrogens (tertiary/aromatic N) is 3. The molecular formula is C10H4BrClIN3. The van der Waals surface area contributed by atoms with Crippen molar-refractivity contribution in [2.24, 2.45) is 0 Å². The summed E-state index contributed by atoms with van der Waals surface area (Å²) in [6, 6.07) is 3.95. The molecule has 0 atom stereocenters. The molecule has 16 heavy (non-hydrogen) atoms. The van der Waals surface area contributed by atoms with E-state index in [1.165, 1.54) is 0 Å². The fourth-order valence-electron chi connectivity index (χ4n) is 1.62. The molecular weight excluding hydrogens is 404 g/mol. The number of aromatic nitrogens is 3. The fourth-order valence-corrected chi connectivity index (χ4v) is 2.63. The molecule has 0 aliphatic rings. The van der Waals surface area contributed by atoms with Crippen molar-refractivity contribution >= 4 is 66.7 Å². The van der Waals surface area contributed by atoms with E-state index in [1.54, 1.807) is 6.20 Å². The van der Waals surface area contributed by atoms with Crippen molar-refractivity contribution in [3.05, 3.63) is 37.9 Å². The first-order valence-electron chi connectivity index (χ1n) is 4.44. The van der Waals surface area contributed by atoms with Crippen molar-refractivity contribution in [2.75, 3.05) is 0 Å². The van der Waals surface area contributed by atoms with Crippen LogP contribution in [0.4, 0.5) is 0 Å². The summed E-state index contributed by atoms with van der Waals surface area (Å²) in [5.74, 6) is 0. The van der Waals surface area contributed by atoms with Gasteiger partial charge in [0.1, 0.15) is 9.35 Å².